The first kappa shape index (κ1) is 11.2. The number of carbonyl (C=O) groups excluding carboxylic acids is 1. The van der Waals surface area contributed by atoms with Crippen LogP contribution in [0.3, 0.4) is 0 Å². The highest BCUT2D eigenvalue weighted by molar-refractivity contribution is 6.25. The number of fused-ring (bicyclic) bond motifs is 1. The predicted octanol–water partition coefficient (Wildman–Crippen LogP) is 3.34. The number of halogens is 1. The highest BCUT2D eigenvalue weighted by Gasteiger charge is 2.17. The maximum absolute atomic E-state index is 11.7. The number of ketones is 1. The third-order valence-electron chi connectivity index (χ3n) is 2.67. The molecule has 0 bridgehead atoms. The van der Waals surface area contributed by atoms with Gasteiger partial charge in [0, 0.05) is 17.5 Å². The molecule has 0 saturated carbocycles. The molecule has 1 aliphatic carbocycles. The van der Waals surface area contributed by atoms with Crippen LogP contribution in [0.15, 0.2) is 29.8 Å². The molecule has 0 unspecified atom stereocenters. The molecule has 0 amide bonds. The summed E-state index contributed by atoms with van der Waals surface area (Å²) < 4.78 is 5.44. The largest absolute Gasteiger partial charge is 0.489 e. The van der Waals surface area contributed by atoms with Crippen LogP contribution in [0.4, 0.5) is 0 Å². The molecule has 0 N–H and O–H groups in total. The van der Waals surface area contributed by atoms with E-state index in [4.69, 9.17) is 16.3 Å². The average Bonchev–Trinajstić information content (AvgIpc) is 2.30. The first-order chi connectivity index (χ1) is 7.81. The van der Waals surface area contributed by atoms with Crippen LogP contribution < -0.4 is 4.74 Å². The van der Waals surface area contributed by atoms with Gasteiger partial charge in [-0.15, -0.1) is 0 Å². The number of ether oxygens (including phenoxy) is 1. The van der Waals surface area contributed by atoms with Gasteiger partial charge in [0.1, 0.15) is 12.4 Å². The van der Waals surface area contributed by atoms with Crippen molar-refractivity contribution < 1.29 is 9.53 Å². The average molecular weight is 237 g/mol. The zero-order valence-electron chi connectivity index (χ0n) is 8.91. The second-order valence-corrected chi connectivity index (χ2v) is 4.02. The van der Waals surface area contributed by atoms with Crippen molar-refractivity contribution >= 4 is 17.4 Å². The van der Waals surface area contributed by atoms with E-state index in [1.807, 2.05) is 18.2 Å². The fraction of sp³-hybridized carbons (Fsp3) is 0.308. The molecule has 0 saturated heterocycles. The summed E-state index contributed by atoms with van der Waals surface area (Å²) in [5.41, 5.74) is 3.37. The molecule has 1 aromatic rings. The molecule has 0 spiro atoms. The first-order valence-corrected chi connectivity index (χ1v) is 5.79. The van der Waals surface area contributed by atoms with E-state index in [9.17, 15) is 4.79 Å². The summed E-state index contributed by atoms with van der Waals surface area (Å²) >= 11 is 5.39. The van der Waals surface area contributed by atoms with Gasteiger partial charge in [-0.1, -0.05) is 17.7 Å². The minimum absolute atomic E-state index is 0.222. The molecule has 1 aromatic carbocycles. The van der Waals surface area contributed by atoms with Gasteiger partial charge in [-0.25, -0.2) is 0 Å². The lowest BCUT2D eigenvalue weighted by molar-refractivity contribution is 0.0972. The fourth-order valence-electron chi connectivity index (χ4n) is 1.88. The zero-order chi connectivity index (χ0) is 11.4. The van der Waals surface area contributed by atoms with Crippen molar-refractivity contribution in [3.05, 3.63) is 40.9 Å². The Labute approximate surface area is 99.9 Å². The second-order valence-electron chi connectivity index (χ2n) is 3.77. The van der Waals surface area contributed by atoms with Crippen LogP contribution in [0.5, 0.6) is 5.75 Å². The van der Waals surface area contributed by atoms with E-state index in [-0.39, 0.29) is 5.78 Å². The highest BCUT2D eigenvalue weighted by Crippen LogP contribution is 2.25. The van der Waals surface area contributed by atoms with Crippen molar-refractivity contribution in [1.82, 2.24) is 0 Å². The standard InChI is InChI=1S/C13H13ClO2/c14-7-2-8-16-11-6-5-10-3-1-4-13(15)12(10)9-11/h2,5-7,9H,1,3-4,8H2/b7-2+. The van der Waals surface area contributed by atoms with Gasteiger partial charge in [0.05, 0.1) is 0 Å². The number of hydrogen-bond acceptors (Lipinski definition) is 2. The lowest BCUT2D eigenvalue weighted by atomic mass is 9.90. The van der Waals surface area contributed by atoms with Crippen molar-refractivity contribution in [3.63, 3.8) is 0 Å². The summed E-state index contributed by atoms with van der Waals surface area (Å²) in [5, 5.41) is 0. The lowest BCUT2D eigenvalue weighted by Crippen LogP contribution is -2.10. The zero-order valence-corrected chi connectivity index (χ0v) is 9.67. The molecular weight excluding hydrogens is 224 g/mol. The number of hydrogen-bond donors (Lipinski definition) is 0. The van der Waals surface area contributed by atoms with Crippen LogP contribution in [0.1, 0.15) is 28.8 Å². The van der Waals surface area contributed by atoms with Gasteiger partial charge in [0.2, 0.25) is 0 Å². The van der Waals surface area contributed by atoms with Gasteiger partial charge in [0.15, 0.2) is 5.78 Å². The van der Waals surface area contributed by atoms with Crippen molar-refractivity contribution in [2.75, 3.05) is 6.61 Å². The van der Waals surface area contributed by atoms with Crippen molar-refractivity contribution in [1.29, 1.82) is 0 Å². The molecule has 0 aliphatic heterocycles. The van der Waals surface area contributed by atoms with Gasteiger partial charge < -0.3 is 4.74 Å². The van der Waals surface area contributed by atoms with Crippen LogP contribution in [0, 0.1) is 0 Å². The summed E-state index contributed by atoms with van der Waals surface area (Å²) in [6.07, 6.45) is 4.31. The Morgan fingerprint density at radius 2 is 2.25 bits per heavy atom. The predicted molar refractivity (Wildman–Crippen MR) is 64.2 cm³/mol. The molecule has 0 fully saturated rings. The maximum atomic E-state index is 11.7. The fourth-order valence-corrected chi connectivity index (χ4v) is 1.95. The lowest BCUT2D eigenvalue weighted by Gasteiger charge is -2.15. The number of carbonyl (C=O) groups is 1. The van der Waals surface area contributed by atoms with Gasteiger partial charge in [-0.05, 0) is 36.6 Å². The van der Waals surface area contributed by atoms with E-state index in [0.717, 1.165) is 29.7 Å². The first-order valence-electron chi connectivity index (χ1n) is 5.35. The minimum Gasteiger partial charge on any atom is -0.489 e. The molecule has 0 radical (unpaired) electrons. The normalized spacial score (nSPS) is 15.2. The third-order valence-corrected chi connectivity index (χ3v) is 2.85. The van der Waals surface area contributed by atoms with Crippen LogP contribution >= 0.6 is 11.6 Å². The SMILES string of the molecule is O=C1CCCc2ccc(OC/C=C/Cl)cc21. The molecule has 0 atom stereocenters. The summed E-state index contributed by atoms with van der Waals surface area (Å²) in [7, 11) is 0. The summed E-state index contributed by atoms with van der Waals surface area (Å²) in [6.45, 7) is 0.427. The van der Waals surface area contributed by atoms with E-state index < -0.39 is 0 Å². The van der Waals surface area contributed by atoms with Gasteiger partial charge in [-0.2, -0.15) is 0 Å². The van der Waals surface area contributed by atoms with Crippen molar-refractivity contribution in [2.45, 2.75) is 19.3 Å². The second kappa shape index (κ2) is 5.17. The van der Waals surface area contributed by atoms with Crippen LogP contribution in [-0.2, 0) is 6.42 Å². The molecule has 2 rings (SSSR count). The molecule has 0 heterocycles. The quantitative estimate of drug-likeness (QED) is 0.805. The van der Waals surface area contributed by atoms with Crippen LogP contribution in [0.25, 0.3) is 0 Å². The Balaban J connectivity index is 2.17. The molecule has 3 heteroatoms. The summed E-state index contributed by atoms with van der Waals surface area (Å²) in [5.74, 6) is 0.948. The smallest absolute Gasteiger partial charge is 0.163 e. The molecule has 16 heavy (non-hydrogen) atoms. The molecular formula is C13H13ClO2. The van der Waals surface area contributed by atoms with Gasteiger partial charge in [-0.3, -0.25) is 4.79 Å². The van der Waals surface area contributed by atoms with E-state index in [2.05, 4.69) is 0 Å². The number of aryl methyl sites for hydroxylation is 1. The third kappa shape index (κ3) is 2.45. The monoisotopic (exact) mass is 236 g/mol. The van der Waals surface area contributed by atoms with Crippen LogP contribution in [0.2, 0.25) is 0 Å². The van der Waals surface area contributed by atoms with Gasteiger partial charge >= 0.3 is 0 Å². The topological polar surface area (TPSA) is 26.3 Å². The Bertz CT molecular complexity index is 424. The van der Waals surface area contributed by atoms with E-state index in [0.29, 0.717) is 13.0 Å². The molecule has 0 aromatic heterocycles. The number of benzene rings is 1. The number of rotatable bonds is 3. The number of Topliss-reactive ketones (excluding diaryl/α,β-unsaturated/α-hetero) is 1. The highest BCUT2D eigenvalue weighted by atomic mass is 35.5. The summed E-state index contributed by atoms with van der Waals surface area (Å²) in [4.78, 5) is 11.7. The van der Waals surface area contributed by atoms with E-state index in [1.165, 1.54) is 5.54 Å². The van der Waals surface area contributed by atoms with E-state index in [1.54, 1.807) is 6.08 Å². The molecule has 2 nitrogen and oxygen atoms in total. The van der Waals surface area contributed by atoms with Crippen LogP contribution in [-0.4, -0.2) is 12.4 Å². The van der Waals surface area contributed by atoms with Crippen molar-refractivity contribution in [2.24, 2.45) is 0 Å². The molecule has 84 valence electrons. The minimum atomic E-state index is 0.222. The Morgan fingerprint density at radius 1 is 1.38 bits per heavy atom. The summed E-state index contributed by atoms with van der Waals surface area (Å²) in [6, 6.07) is 5.71. The Hall–Kier alpha value is -1.28. The Kier molecular flexibility index (Phi) is 3.62. The Morgan fingerprint density at radius 3 is 3.06 bits per heavy atom. The van der Waals surface area contributed by atoms with Crippen molar-refractivity contribution in [3.8, 4) is 5.75 Å². The van der Waals surface area contributed by atoms with E-state index >= 15 is 0 Å². The molecule has 1 aliphatic rings. The maximum Gasteiger partial charge on any atom is 0.163 e. The van der Waals surface area contributed by atoms with Gasteiger partial charge in [0.25, 0.3) is 0 Å².